The lowest BCUT2D eigenvalue weighted by Crippen LogP contribution is -2.36. The molecule has 3 amide bonds. The molecule has 30 heavy (non-hydrogen) atoms. The van der Waals surface area contributed by atoms with E-state index < -0.39 is 11.8 Å². The van der Waals surface area contributed by atoms with Crippen LogP contribution in [-0.4, -0.2) is 33.8 Å². The highest BCUT2D eigenvalue weighted by Gasteiger charge is 2.13. The van der Waals surface area contributed by atoms with E-state index in [2.05, 4.69) is 20.9 Å². The van der Waals surface area contributed by atoms with Crippen LogP contribution < -0.4 is 16.0 Å². The maximum atomic E-state index is 12.1. The molecule has 8 nitrogen and oxygen atoms in total. The van der Waals surface area contributed by atoms with Crippen LogP contribution in [0.4, 0.5) is 11.4 Å². The van der Waals surface area contributed by atoms with Crippen LogP contribution in [-0.2, 0) is 20.9 Å². The minimum atomic E-state index is -0.761. The van der Waals surface area contributed by atoms with Crippen LogP contribution in [0.15, 0.2) is 67.0 Å². The number of hydrogen-bond donors (Lipinski definition) is 3. The van der Waals surface area contributed by atoms with Crippen molar-refractivity contribution in [3.63, 3.8) is 0 Å². The number of carbonyl (C=O) groups is 3. The highest BCUT2D eigenvalue weighted by Crippen LogP contribution is 2.17. The SMILES string of the molecule is CC(=O)Nc1cccc(NC(=O)C(=O)NCCCn2ccnc2-c2ccccc2)c1. The van der Waals surface area contributed by atoms with E-state index in [-0.39, 0.29) is 5.91 Å². The summed E-state index contributed by atoms with van der Waals surface area (Å²) in [6.07, 6.45) is 4.27. The van der Waals surface area contributed by atoms with E-state index in [9.17, 15) is 14.4 Å². The summed E-state index contributed by atoms with van der Waals surface area (Å²) in [6, 6.07) is 16.4. The second-order valence-electron chi connectivity index (χ2n) is 6.64. The van der Waals surface area contributed by atoms with E-state index in [4.69, 9.17) is 0 Å². The van der Waals surface area contributed by atoms with Gasteiger partial charge in [0.25, 0.3) is 0 Å². The van der Waals surface area contributed by atoms with Crippen molar-refractivity contribution in [2.75, 3.05) is 17.2 Å². The molecule has 0 radical (unpaired) electrons. The topological polar surface area (TPSA) is 105 Å². The van der Waals surface area contributed by atoms with Crippen molar-refractivity contribution in [2.45, 2.75) is 19.9 Å². The Labute approximate surface area is 174 Å². The van der Waals surface area contributed by atoms with Crippen molar-refractivity contribution in [3.8, 4) is 11.4 Å². The monoisotopic (exact) mass is 405 g/mol. The molecule has 0 fully saturated rings. The minimum Gasteiger partial charge on any atom is -0.348 e. The van der Waals surface area contributed by atoms with Gasteiger partial charge in [0.15, 0.2) is 0 Å². The highest BCUT2D eigenvalue weighted by molar-refractivity contribution is 6.39. The van der Waals surface area contributed by atoms with Crippen LogP contribution in [0.3, 0.4) is 0 Å². The fourth-order valence-electron chi connectivity index (χ4n) is 2.93. The largest absolute Gasteiger partial charge is 0.348 e. The zero-order chi connectivity index (χ0) is 21.3. The molecule has 0 unspecified atom stereocenters. The maximum absolute atomic E-state index is 12.1. The number of amides is 3. The molecule has 154 valence electrons. The molecule has 0 aliphatic heterocycles. The first-order valence-corrected chi connectivity index (χ1v) is 9.56. The molecule has 3 rings (SSSR count). The lowest BCUT2D eigenvalue weighted by molar-refractivity contribution is -0.136. The third kappa shape index (κ3) is 5.78. The number of rotatable bonds is 7. The molecule has 0 saturated heterocycles. The van der Waals surface area contributed by atoms with Gasteiger partial charge in [0.1, 0.15) is 5.82 Å². The van der Waals surface area contributed by atoms with Gasteiger partial charge < -0.3 is 20.5 Å². The van der Waals surface area contributed by atoms with Gasteiger partial charge in [-0.25, -0.2) is 4.98 Å². The Hall–Kier alpha value is -3.94. The quantitative estimate of drug-likeness (QED) is 0.415. The summed E-state index contributed by atoms with van der Waals surface area (Å²) < 4.78 is 2.01. The molecular formula is C22H23N5O3. The summed E-state index contributed by atoms with van der Waals surface area (Å²) in [5.74, 6) is -0.834. The molecule has 1 aromatic heterocycles. The average molecular weight is 405 g/mol. The number of aryl methyl sites for hydroxylation is 1. The van der Waals surface area contributed by atoms with Gasteiger partial charge in [0.05, 0.1) is 0 Å². The number of nitrogens with zero attached hydrogens (tertiary/aromatic N) is 2. The predicted molar refractivity (Wildman–Crippen MR) is 115 cm³/mol. The smallest absolute Gasteiger partial charge is 0.313 e. The second-order valence-corrected chi connectivity index (χ2v) is 6.64. The van der Waals surface area contributed by atoms with E-state index in [1.165, 1.54) is 6.92 Å². The Morgan fingerprint density at radius 3 is 2.40 bits per heavy atom. The Balaban J connectivity index is 1.46. The Bertz CT molecular complexity index is 1030. The first kappa shape index (κ1) is 20.8. The van der Waals surface area contributed by atoms with Crippen LogP contribution in [0.2, 0.25) is 0 Å². The fraction of sp³-hybridized carbons (Fsp3) is 0.182. The number of imidazole rings is 1. The Morgan fingerprint density at radius 2 is 1.67 bits per heavy atom. The van der Waals surface area contributed by atoms with Gasteiger partial charge in [-0.2, -0.15) is 0 Å². The zero-order valence-corrected chi connectivity index (χ0v) is 16.6. The van der Waals surface area contributed by atoms with Crippen molar-refractivity contribution in [2.24, 2.45) is 0 Å². The lowest BCUT2D eigenvalue weighted by atomic mass is 10.2. The molecule has 8 heteroatoms. The highest BCUT2D eigenvalue weighted by atomic mass is 16.2. The van der Waals surface area contributed by atoms with Crippen LogP contribution in [0.1, 0.15) is 13.3 Å². The van der Waals surface area contributed by atoms with E-state index in [1.54, 1.807) is 30.5 Å². The summed E-state index contributed by atoms with van der Waals surface area (Å²) in [5.41, 5.74) is 1.98. The minimum absolute atomic E-state index is 0.218. The molecule has 1 heterocycles. The summed E-state index contributed by atoms with van der Waals surface area (Å²) in [6.45, 7) is 2.40. The van der Waals surface area contributed by atoms with Gasteiger partial charge in [-0.05, 0) is 24.6 Å². The molecule has 0 saturated carbocycles. The molecular weight excluding hydrogens is 382 g/mol. The molecule has 0 aliphatic carbocycles. The number of nitrogens with one attached hydrogen (secondary N) is 3. The normalized spacial score (nSPS) is 10.3. The molecule has 0 aliphatic rings. The first-order chi connectivity index (χ1) is 14.5. The van der Waals surface area contributed by atoms with Crippen LogP contribution >= 0.6 is 0 Å². The van der Waals surface area contributed by atoms with Gasteiger partial charge in [-0.1, -0.05) is 36.4 Å². The predicted octanol–water partition coefficient (Wildman–Crippen LogP) is 2.65. The van der Waals surface area contributed by atoms with Crippen molar-refractivity contribution < 1.29 is 14.4 Å². The molecule has 0 atom stereocenters. The van der Waals surface area contributed by atoms with Crippen LogP contribution in [0, 0.1) is 0 Å². The van der Waals surface area contributed by atoms with Crippen LogP contribution in [0.25, 0.3) is 11.4 Å². The average Bonchev–Trinajstić information content (AvgIpc) is 3.20. The third-order valence-electron chi connectivity index (χ3n) is 4.26. The van der Waals surface area contributed by atoms with E-state index in [0.29, 0.717) is 30.9 Å². The van der Waals surface area contributed by atoms with Crippen molar-refractivity contribution in [1.82, 2.24) is 14.9 Å². The van der Waals surface area contributed by atoms with E-state index in [0.717, 1.165) is 11.4 Å². The Morgan fingerprint density at radius 1 is 0.933 bits per heavy atom. The Kier molecular flexibility index (Phi) is 6.94. The standard InChI is InChI=1S/C22H23N5O3/c1-16(28)25-18-9-5-10-19(15-18)26-22(30)21(29)24-11-6-13-27-14-12-23-20(27)17-7-3-2-4-8-17/h2-5,7-10,12,14-15H,6,11,13H2,1H3,(H,24,29)(H,25,28)(H,26,30). The number of benzene rings is 2. The van der Waals surface area contributed by atoms with Crippen LogP contribution in [0.5, 0.6) is 0 Å². The third-order valence-corrected chi connectivity index (χ3v) is 4.26. The second kappa shape index (κ2) is 10.0. The molecule has 0 spiro atoms. The lowest BCUT2D eigenvalue weighted by Gasteiger charge is -2.10. The van der Waals surface area contributed by atoms with Crippen molar-refractivity contribution >= 4 is 29.1 Å². The van der Waals surface area contributed by atoms with Crippen molar-refractivity contribution in [1.29, 1.82) is 0 Å². The maximum Gasteiger partial charge on any atom is 0.313 e. The van der Waals surface area contributed by atoms with Gasteiger partial charge in [-0.15, -0.1) is 0 Å². The summed E-state index contributed by atoms with van der Waals surface area (Å²) in [5, 5.41) is 7.76. The van der Waals surface area contributed by atoms with Gasteiger partial charge in [0.2, 0.25) is 5.91 Å². The zero-order valence-electron chi connectivity index (χ0n) is 16.6. The number of aromatic nitrogens is 2. The summed E-state index contributed by atoms with van der Waals surface area (Å²) in [7, 11) is 0. The van der Waals surface area contributed by atoms with Gasteiger partial charge in [0, 0.05) is 49.3 Å². The van der Waals surface area contributed by atoms with Gasteiger partial charge >= 0.3 is 11.8 Å². The first-order valence-electron chi connectivity index (χ1n) is 9.56. The number of hydrogen-bond acceptors (Lipinski definition) is 4. The molecule has 3 N–H and O–H groups in total. The molecule has 3 aromatic rings. The molecule has 0 bridgehead atoms. The fourth-order valence-corrected chi connectivity index (χ4v) is 2.93. The molecule has 2 aromatic carbocycles. The van der Waals surface area contributed by atoms with E-state index in [1.807, 2.05) is 41.1 Å². The van der Waals surface area contributed by atoms with E-state index >= 15 is 0 Å². The number of anilines is 2. The van der Waals surface area contributed by atoms with Gasteiger partial charge in [-0.3, -0.25) is 14.4 Å². The van der Waals surface area contributed by atoms with Crippen molar-refractivity contribution in [3.05, 3.63) is 67.0 Å². The summed E-state index contributed by atoms with van der Waals surface area (Å²) in [4.78, 5) is 39.6. The summed E-state index contributed by atoms with van der Waals surface area (Å²) >= 11 is 0. The number of carbonyl (C=O) groups excluding carboxylic acids is 3.